The van der Waals surface area contributed by atoms with Crippen LogP contribution in [0.1, 0.15) is 54.4 Å². The zero-order valence-corrected chi connectivity index (χ0v) is 33.2. The first kappa shape index (κ1) is 51.2. The van der Waals surface area contributed by atoms with Gasteiger partial charge in [-0.05, 0) is 40.5 Å². The van der Waals surface area contributed by atoms with E-state index >= 15 is 0 Å². The Labute approximate surface area is 314 Å². The normalized spacial score (nSPS) is 16.9. The largest absolute Gasteiger partial charge is 0.472 e. The van der Waals surface area contributed by atoms with Crippen LogP contribution in [0.2, 0.25) is 0 Å². The van der Waals surface area contributed by atoms with Crippen molar-refractivity contribution in [3.63, 3.8) is 0 Å². The first-order chi connectivity index (χ1) is 25.1. The highest BCUT2D eigenvalue weighted by atomic mass is 31.2. The first-order valence-electron chi connectivity index (χ1n) is 17.0. The second kappa shape index (κ2) is 27.7. The molecule has 0 heterocycles. The molecule has 6 amide bonds. The van der Waals surface area contributed by atoms with Crippen LogP contribution in [0.3, 0.4) is 0 Å². The molecule has 0 aromatic rings. The summed E-state index contributed by atoms with van der Waals surface area (Å²) in [5, 5.41) is 33.8. The molecule has 0 rings (SSSR count). The van der Waals surface area contributed by atoms with E-state index in [9.17, 15) is 53.1 Å². The Balaban J connectivity index is 4.58. The number of phosphoric ester groups is 2. The van der Waals surface area contributed by atoms with Crippen LogP contribution in [0.25, 0.3) is 0 Å². The maximum absolute atomic E-state index is 12.3. The van der Waals surface area contributed by atoms with Crippen LogP contribution >= 0.6 is 15.6 Å². The topological polar surface area (TPSA) is 328 Å². The molecule has 0 saturated heterocycles. The predicted octanol–water partition coefficient (Wildman–Crippen LogP) is -1.85. The molecule has 23 nitrogen and oxygen atoms in total. The van der Waals surface area contributed by atoms with Crippen molar-refractivity contribution in [2.24, 2.45) is 0 Å². The minimum Gasteiger partial charge on any atom is -0.384 e. The van der Waals surface area contributed by atoms with Crippen molar-refractivity contribution in [1.82, 2.24) is 31.9 Å². The predicted molar refractivity (Wildman–Crippen MR) is 190 cm³/mol. The molecule has 10 N–H and O–H groups in total. The van der Waals surface area contributed by atoms with E-state index in [4.69, 9.17) is 27.6 Å². The van der Waals surface area contributed by atoms with E-state index in [2.05, 4.69) is 31.9 Å². The third-order valence-electron chi connectivity index (χ3n) is 6.54. The highest BCUT2D eigenvalue weighted by Gasteiger charge is 2.27. The molecule has 0 aromatic heterocycles. The Kier molecular flexibility index (Phi) is 26.3. The number of aliphatic hydroxyl groups is 2. The molecule has 8 atom stereocenters. The minimum atomic E-state index is -4.67. The Hall–Kier alpha value is -2.79. The highest BCUT2D eigenvalue weighted by Crippen LogP contribution is 2.43. The average Bonchev–Trinajstić information content (AvgIpc) is 3.05. The number of phosphoric acid groups is 2. The Morgan fingerprint density at radius 1 is 0.556 bits per heavy atom. The molecule has 0 aliphatic rings. The summed E-state index contributed by atoms with van der Waals surface area (Å²) in [5.41, 5.74) is 0. The number of carbonyl (C=O) groups excluding carboxylic acids is 5. The van der Waals surface area contributed by atoms with Crippen LogP contribution in [-0.4, -0.2) is 152 Å². The fraction of sp³-hybridized carbons (Fsp3) is 0.828. The number of nitrogens with one attached hydrogen (secondary N) is 6. The summed E-state index contributed by atoms with van der Waals surface area (Å²) in [7, 11) is -9.34. The average molecular weight is 825 g/mol. The third-order valence-corrected chi connectivity index (χ3v) is 8.51. The monoisotopic (exact) mass is 824 g/mol. The van der Waals surface area contributed by atoms with Gasteiger partial charge in [0.25, 0.3) is 0 Å². The molecule has 0 aromatic carbocycles. The minimum absolute atomic E-state index is 0.158. The highest BCUT2D eigenvalue weighted by molar-refractivity contribution is 7.47. The van der Waals surface area contributed by atoms with Crippen molar-refractivity contribution < 1.29 is 80.7 Å². The lowest BCUT2D eigenvalue weighted by atomic mass is 10.2. The maximum atomic E-state index is 12.3. The standard InChI is InChI=1S/C29H58N6O17P2/c1-19(32-23(5)38)7-11-47-15-25(34-27(40)21(3)36)17-51-53(43,44)49-13-9-30-29(42)31-10-14-50-54(45,46)52-18-26(35-28(41)22(4)37)16-48-12-8-20(2)33-24(6)39/h19-22,25-26,36-37H,7-18H2,1-6H3,(H,32,38)(H,33,39)(H,34,40)(H,35,41)(H,43,44)(H,45,46)(H2,30,31,42)/t19-,20-,21?,22?,25-,26-/m1/s1. The van der Waals surface area contributed by atoms with Crippen LogP contribution in [0.4, 0.5) is 4.79 Å². The molecule has 0 aliphatic heterocycles. The maximum Gasteiger partial charge on any atom is 0.472 e. The molecule has 0 fully saturated rings. The summed E-state index contributed by atoms with van der Waals surface area (Å²) in [5.74, 6) is -1.98. The van der Waals surface area contributed by atoms with Crippen LogP contribution in [0.15, 0.2) is 0 Å². The van der Waals surface area contributed by atoms with Crippen molar-refractivity contribution in [3.05, 3.63) is 0 Å². The summed E-state index contributed by atoms with van der Waals surface area (Å²) in [4.78, 5) is 78.2. The van der Waals surface area contributed by atoms with Crippen molar-refractivity contribution in [2.45, 2.75) is 90.8 Å². The van der Waals surface area contributed by atoms with Crippen LogP contribution in [0.5, 0.6) is 0 Å². The lowest BCUT2D eigenvalue weighted by Crippen LogP contribution is -2.45. The first-order valence-corrected chi connectivity index (χ1v) is 20.0. The van der Waals surface area contributed by atoms with Crippen molar-refractivity contribution >= 4 is 45.3 Å². The van der Waals surface area contributed by atoms with Gasteiger partial charge in [-0.3, -0.25) is 37.3 Å². The molecular weight excluding hydrogens is 766 g/mol. The van der Waals surface area contributed by atoms with Crippen LogP contribution < -0.4 is 31.9 Å². The van der Waals surface area contributed by atoms with Crippen molar-refractivity contribution in [2.75, 3.05) is 65.9 Å². The van der Waals surface area contributed by atoms with E-state index in [0.29, 0.717) is 12.8 Å². The summed E-state index contributed by atoms with van der Waals surface area (Å²) < 4.78 is 55.1. The van der Waals surface area contributed by atoms with Gasteiger partial charge in [0.05, 0.1) is 51.7 Å². The van der Waals surface area contributed by atoms with E-state index < -0.39 is 84.2 Å². The van der Waals surface area contributed by atoms with Gasteiger partial charge < -0.3 is 61.4 Å². The number of aliphatic hydroxyl groups excluding tert-OH is 2. The van der Waals surface area contributed by atoms with Gasteiger partial charge in [-0.15, -0.1) is 0 Å². The molecule has 0 spiro atoms. The zero-order valence-electron chi connectivity index (χ0n) is 31.4. The van der Waals surface area contributed by atoms with E-state index in [1.54, 1.807) is 13.8 Å². The second-order valence-corrected chi connectivity index (χ2v) is 15.0. The second-order valence-electron chi connectivity index (χ2n) is 12.1. The Bertz CT molecular complexity index is 1160. The van der Waals surface area contributed by atoms with E-state index in [1.807, 2.05) is 0 Å². The molecule has 0 bridgehead atoms. The number of carbonyl (C=O) groups is 5. The summed E-state index contributed by atoms with van der Waals surface area (Å²) in [6.07, 6.45) is -1.86. The van der Waals surface area contributed by atoms with Crippen molar-refractivity contribution in [1.29, 1.82) is 0 Å². The number of ether oxygens (including phenoxy) is 2. The van der Waals surface area contributed by atoms with Crippen LogP contribution in [0, 0.1) is 0 Å². The molecule has 4 unspecified atom stereocenters. The molecule has 0 aliphatic carbocycles. The number of hydrogen-bond acceptors (Lipinski definition) is 15. The zero-order chi connectivity index (χ0) is 41.3. The van der Waals surface area contributed by atoms with E-state index in [1.165, 1.54) is 27.7 Å². The Morgan fingerprint density at radius 2 is 0.907 bits per heavy atom. The van der Waals surface area contributed by atoms with Gasteiger partial charge in [0.15, 0.2) is 0 Å². The molecule has 0 radical (unpaired) electrons. The number of amides is 6. The molecular formula is C29H58N6O17P2. The van der Waals surface area contributed by atoms with Gasteiger partial charge in [-0.2, -0.15) is 0 Å². The Morgan fingerprint density at radius 3 is 1.22 bits per heavy atom. The lowest BCUT2D eigenvalue weighted by molar-refractivity contribution is -0.130. The summed E-state index contributed by atoms with van der Waals surface area (Å²) in [6.45, 7) is 6.19. The summed E-state index contributed by atoms with van der Waals surface area (Å²) >= 11 is 0. The number of hydrogen-bond donors (Lipinski definition) is 10. The molecule has 54 heavy (non-hydrogen) atoms. The van der Waals surface area contributed by atoms with E-state index in [-0.39, 0.29) is 63.4 Å². The smallest absolute Gasteiger partial charge is 0.384 e. The molecule has 0 saturated carbocycles. The van der Waals surface area contributed by atoms with Gasteiger partial charge in [0.1, 0.15) is 12.2 Å². The fourth-order valence-corrected chi connectivity index (χ4v) is 5.40. The fourth-order valence-electron chi connectivity index (χ4n) is 3.87. The SMILES string of the molecule is CC(=O)N[C@H](C)CCOC[C@H](COP(=O)(O)OCCNC(=O)NCCOP(=O)(O)OC[C@@H](COCC[C@@H](C)NC(C)=O)NC(=O)C(C)O)NC(=O)C(C)O. The van der Waals surface area contributed by atoms with Gasteiger partial charge in [-0.25, -0.2) is 13.9 Å². The van der Waals surface area contributed by atoms with E-state index in [0.717, 1.165) is 0 Å². The quantitative estimate of drug-likeness (QED) is 0.0281. The number of urea groups is 1. The van der Waals surface area contributed by atoms with Crippen molar-refractivity contribution in [3.8, 4) is 0 Å². The molecule has 316 valence electrons. The van der Waals surface area contributed by atoms with Gasteiger partial charge in [0.2, 0.25) is 23.6 Å². The van der Waals surface area contributed by atoms with Gasteiger partial charge in [-0.1, -0.05) is 0 Å². The summed E-state index contributed by atoms with van der Waals surface area (Å²) in [6, 6.07) is -3.06. The van der Waals surface area contributed by atoms with Gasteiger partial charge >= 0.3 is 21.7 Å². The lowest BCUT2D eigenvalue weighted by Gasteiger charge is -2.22. The van der Waals surface area contributed by atoms with Crippen LogP contribution in [-0.2, 0) is 55.9 Å². The number of rotatable bonds is 30. The third kappa shape index (κ3) is 28.6. The molecule has 25 heteroatoms. The van der Waals surface area contributed by atoms with Gasteiger partial charge in [0, 0.05) is 52.2 Å².